The van der Waals surface area contributed by atoms with Gasteiger partial charge in [0.05, 0.1) is 23.8 Å². The molecule has 112 valence electrons. The van der Waals surface area contributed by atoms with Crippen molar-refractivity contribution in [3.8, 4) is 11.8 Å². The number of nitrogens with one attached hydrogen (secondary N) is 1. The average Bonchev–Trinajstić information content (AvgIpc) is 2.49. The molecule has 0 aliphatic heterocycles. The van der Waals surface area contributed by atoms with Crippen molar-refractivity contribution >= 4 is 23.5 Å². The fourth-order valence-corrected chi connectivity index (χ4v) is 1.68. The lowest BCUT2D eigenvalue weighted by atomic mass is 10.2. The van der Waals surface area contributed by atoms with Crippen molar-refractivity contribution < 1.29 is 19.1 Å². The quantitative estimate of drug-likeness (QED) is 0.611. The van der Waals surface area contributed by atoms with Crippen molar-refractivity contribution in [3.63, 3.8) is 0 Å². The highest BCUT2D eigenvalue weighted by Gasteiger charge is 2.07. The second-order valence-electron chi connectivity index (χ2n) is 4.08. The Morgan fingerprint density at radius 2 is 2.19 bits per heavy atom. The molecule has 1 aromatic rings. The zero-order valence-corrected chi connectivity index (χ0v) is 12.3. The third kappa shape index (κ3) is 6.15. The van der Waals surface area contributed by atoms with Gasteiger partial charge in [-0.3, -0.25) is 9.59 Å². The van der Waals surface area contributed by atoms with Crippen LogP contribution in [-0.4, -0.2) is 32.1 Å². The highest BCUT2D eigenvalue weighted by molar-refractivity contribution is 6.32. The van der Waals surface area contributed by atoms with Crippen LogP contribution in [0.5, 0.6) is 5.75 Å². The SMILES string of the molecule is COC(=O)CCCNC(=O)COc1ccc(C#N)cc1Cl. The third-order valence-corrected chi connectivity index (χ3v) is 2.82. The summed E-state index contributed by atoms with van der Waals surface area (Å²) in [6.07, 6.45) is 0.745. The normalized spacial score (nSPS) is 9.57. The van der Waals surface area contributed by atoms with E-state index in [1.165, 1.54) is 19.2 Å². The number of hydrogen-bond acceptors (Lipinski definition) is 5. The molecule has 0 radical (unpaired) electrons. The van der Waals surface area contributed by atoms with Gasteiger partial charge in [-0.05, 0) is 24.6 Å². The van der Waals surface area contributed by atoms with E-state index in [1.807, 2.05) is 6.07 Å². The van der Waals surface area contributed by atoms with Crippen molar-refractivity contribution in [2.24, 2.45) is 0 Å². The van der Waals surface area contributed by atoms with E-state index >= 15 is 0 Å². The van der Waals surface area contributed by atoms with E-state index in [1.54, 1.807) is 6.07 Å². The van der Waals surface area contributed by atoms with Crippen LogP contribution in [0.25, 0.3) is 0 Å². The summed E-state index contributed by atoms with van der Waals surface area (Å²) in [5.74, 6) is -0.300. The van der Waals surface area contributed by atoms with Crippen LogP contribution in [0.1, 0.15) is 18.4 Å². The number of nitrogens with zero attached hydrogens (tertiary/aromatic N) is 1. The molecule has 0 unspecified atom stereocenters. The Bertz CT molecular complexity index is 554. The number of benzene rings is 1. The number of nitriles is 1. The van der Waals surface area contributed by atoms with Gasteiger partial charge in [-0.15, -0.1) is 0 Å². The lowest BCUT2D eigenvalue weighted by molar-refractivity contribution is -0.140. The molecule has 1 N–H and O–H groups in total. The fourth-order valence-electron chi connectivity index (χ4n) is 1.44. The third-order valence-electron chi connectivity index (χ3n) is 2.53. The second kappa shape index (κ2) is 8.82. The summed E-state index contributed by atoms with van der Waals surface area (Å²) in [6.45, 7) is 0.169. The van der Waals surface area contributed by atoms with Crippen LogP contribution < -0.4 is 10.1 Å². The Kier molecular flexibility index (Phi) is 7.05. The Balaban J connectivity index is 2.30. The van der Waals surface area contributed by atoms with Crippen LogP contribution in [-0.2, 0) is 14.3 Å². The van der Waals surface area contributed by atoms with E-state index in [4.69, 9.17) is 21.6 Å². The molecule has 0 atom stereocenters. The topological polar surface area (TPSA) is 88.4 Å². The van der Waals surface area contributed by atoms with Gasteiger partial charge in [-0.2, -0.15) is 5.26 Å². The van der Waals surface area contributed by atoms with E-state index < -0.39 is 0 Å². The number of carbonyl (C=O) groups excluding carboxylic acids is 2. The molecule has 0 aliphatic carbocycles. The zero-order chi connectivity index (χ0) is 15.7. The average molecular weight is 311 g/mol. The first kappa shape index (κ1) is 16.8. The number of rotatable bonds is 7. The number of carbonyl (C=O) groups is 2. The number of halogens is 1. The van der Waals surface area contributed by atoms with Crippen LogP contribution in [0.3, 0.4) is 0 Å². The lowest BCUT2D eigenvalue weighted by Gasteiger charge is -2.08. The molecule has 0 bridgehead atoms. The molecular weight excluding hydrogens is 296 g/mol. The van der Waals surface area contributed by atoms with E-state index in [2.05, 4.69) is 10.1 Å². The summed E-state index contributed by atoms with van der Waals surface area (Å²) in [7, 11) is 1.32. The highest BCUT2D eigenvalue weighted by Crippen LogP contribution is 2.24. The molecule has 7 heteroatoms. The Morgan fingerprint density at radius 1 is 1.43 bits per heavy atom. The number of methoxy groups -OCH3 is 1. The van der Waals surface area contributed by atoms with E-state index in [9.17, 15) is 9.59 Å². The van der Waals surface area contributed by atoms with Gasteiger partial charge in [0, 0.05) is 13.0 Å². The Labute approximate surface area is 127 Å². The maximum absolute atomic E-state index is 11.5. The number of ether oxygens (including phenoxy) is 2. The summed E-state index contributed by atoms with van der Waals surface area (Å²) in [5, 5.41) is 11.6. The molecule has 1 aromatic carbocycles. The first-order valence-corrected chi connectivity index (χ1v) is 6.60. The van der Waals surface area contributed by atoms with Gasteiger partial charge in [0.1, 0.15) is 5.75 Å². The van der Waals surface area contributed by atoms with Crippen LogP contribution in [0.4, 0.5) is 0 Å². The minimum Gasteiger partial charge on any atom is -0.482 e. The summed E-state index contributed by atoms with van der Waals surface area (Å²) in [4.78, 5) is 22.4. The van der Waals surface area contributed by atoms with Crippen molar-refractivity contribution in [2.45, 2.75) is 12.8 Å². The minimum absolute atomic E-state index is 0.191. The fraction of sp³-hybridized carbons (Fsp3) is 0.357. The van der Waals surface area contributed by atoms with Crippen LogP contribution in [0, 0.1) is 11.3 Å². The molecular formula is C14H15ClN2O4. The van der Waals surface area contributed by atoms with Gasteiger partial charge in [0.2, 0.25) is 0 Å². The standard InChI is InChI=1S/C14H15ClN2O4/c1-20-14(19)3-2-6-17-13(18)9-21-12-5-4-10(8-16)7-11(12)15/h4-5,7H,2-3,6,9H2,1H3,(H,17,18). The minimum atomic E-state index is -0.319. The molecule has 1 rings (SSSR count). The lowest BCUT2D eigenvalue weighted by Crippen LogP contribution is -2.30. The molecule has 6 nitrogen and oxygen atoms in total. The van der Waals surface area contributed by atoms with Gasteiger partial charge in [-0.1, -0.05) is 11.6 Å². The molecule has 1 amide bonds. The van der Waals surface area contributed by atoms with E-state index in [0.717, 1.165) is 0 Å². The summed E-state index contributed by atoms with van der Waals surface area (Å²) in [6, 6.07) is 6.50. The number of esters is 1. The molecule has 0 saturated heterocycles. The van der Waals surface area contributed by atoms with Crippen LogP contribution >= 0.6 is 11.6 Å². The van der Waals surface area contributed by atoms with Crippen molar-refractivity contribution in [1.82, 2.24) is 5.32 Å². The predicted octanol–water partition coefficient (Wildman–Crippen LogP) is 1.66. The summed E-state index contributed by atoms with van der Waals surface area (Å²) >= 11 is 5.91. The second-order valence-corrected chi connectivity index (χ2v) is 4.48. The smallest absolute Gasteiger partial charge is 0.305 e. The predicted molar refractivity (Wildman–Crippen MR) is 75.9 cm³/mol. The van der Waals surface area contributed by atoms with Gasteiger partial charge in [0.15, 0.2) is 6.61 Å². The highest BCUT2D eigenvalue weighted by atomic mass is 35.5. The molecule has 0 aromatic heterocycles. The van der Waals surface area contributed by atoms with Crippen molar-refractivity contribution in [3.05, 3.63) is 28.8 Å². The maximum atomic E-state index is 11.5. The maximum Gasteiger partial charge on any atom is 0.305 e. The van der Waals surface area contributed by atoms with Gasteiger partial charge in [-0.25, -0.2) is 0 Å². The Hall–Kier alpha value is -2.26. The number of hydrogen-bond donors (Lipinski definition) is 1. The molecule has 0 fully saturated rings. The van der Waals surface area contributed by atoms with Crippen molar-refractivity contribution in [2.75, 3.05) is 20.3 Å². The molecule has 0 spiro atoms. The summed E-state index contributed by atoms with van der Waals surface area (Å²) < 4.78 is 9.73. The monoisotopic (exact) mass is 310 g/mol. The van der Waals surface area contributed by atoms with E-state index in [0.29, 0.717) is 24.3 Å². The molecule has 0 aliphatic rings. The van der Waals surface area contributed by atoms with Crippen LogP contribution in [0.15, 0.2) is 18.2 Å². The van der Waals surface area contributed by atoms with Gasteiger partial charge in [0.25, 0.3) is 5.91 Å². The van der Waals surface area contributed by atoms with Crippen molar-refractivity contribution in [1.29, 1.82) is 5.26 Å². The molecule has 21 heavy (non-hydrogen) atoms. The Morgan fingerprint density at radius 3 is 2.81 bits per heavy atom. The summed E-state index contributed by atoms with van der Waals surface area (Å²) in [5.41, 5.74) is 0.416. The first-order chi connectivity index (χ1) is 10.1. The molecule has 0 heterocycles. The largest absolute Gasteiger partial charge is 0.482 e. The number of amides is 1. The van der Waals surface area contributed by atoms with Crippen LogP contribution in [0.2, 0.25) is 5.02 Å². The first-order valence-electron chi connectivity index (χ1n) is 6.22. The van der Waals surface area contributed by atoms with Gasteiger partial charge >= 0.3 is 5.97 Å². The van der Waals surface area contributed by atoms with E-state index in [-0.39, 0.29) is 29.9 Å². The molecule has 0 saturated carbocycles. The zero-order valence-electron chi connectivity index (χ0n) is 11.5. The van der Waals surface area contributed by atoms with Gasteiger partial charge < -0.3 is 14.8 Å².